The molecule has 0 bridgehead atoms. The van der Waals surface area contributed by atoms with E-state index in [0.29, 0.717) is 21.9 Å². The third-order valence-electron chi connectivity index (χ3n) is 2.85. The summed E-state index contributed by atoms with van der Waals surface area (Å²) in [5.41, 5.74) is 3.62. The summed E-state index contributed by atoms with van der Waals surface area (Å²) in [6, 6.07) is 9.79. The molecule has 4 nitrogen and oxygen atoms in total. The molecule has 1 amide bonds. The average Bonchev–Trinajstić information content (AvgIpc) is 2.48. The van der Waals surface area contributed by atoms with E-state index >= 15 is 0 Å². The van der Waals surface area contributed by atoms with Crippen LogP contribution in [-0.4, -0.2) is 16.7 Å². The van der Waals surface area contributed by atoms with E-state index in [4.69, 9.17) is 23.2 Å². The Morgan fingerprint density at radius 3 is 2.50 bits per heavy atom. The van der Waals surface area contributed by atoms with Crippen molar-refractivity contribution in [3.05, 3.63) is 62.0 Å². The van der Waals surface area contributed by atoms with Crippen LogP contribution in [-0.2, 0) is 0 Å². The smallest absolute Gasteiger partial charge is 0.271 e. The van der Waals surface area contributed by atoms with Gasteiger partial charge in [-0.25, -0.2) is 5.43 Å². The summed E-state index contributed by atoms with van der Waals surface area (Å²) in [5.74, 6) is -0.496. The molecule has 114 valence electrons. The molecule has 2 rings (SSSR count). The van der Waals surface area contributed by atoms with Crippen LogP contribution in [0, 0.1) is 0 Å². The van der Waals surface area contributed by atoms with Crippen molar-refractivity contribution in [1.29, 1.82) is 0 Å². The van der Waals surface area contributed by atoms with Crippen LogP contribution in [0.25, 0.3) is 0 Å². The first-order valence-electron chi connectivity index (χ1n) is 6.17. The lowest BCUT2D eigenvalue weighted by atomic mass is 10.1. The molecule has 2 N–H and O–H groups in total. The zero-order chi connectivity index (χ0) is 16.3. The second-order valence-electron chi connectivity index (χ2n) is 4.43. The minimum atomic E-state index is -0.362. The lowest BCUT2D eigenvalue weighted by Gasteiger charge is -2.07. The highest BCUT2D eigenvalue weighted by molar-refractivity contribution is 9.10. The van der Waals surface area contributed by atoms with Gasteiger partial charge in [0.25, 0.3) is 5.91 Å². The second-order valence-corrected chi connectivity index (χ2v) is 6.19. The van der Waals surface area contributed by atoms with Crippen molar-refractivity contribution in [2.75, 3.05) is 0 Å². The molecule has 0 saturated heterocycles. The van der Waals surface area contributed by atoms with Gasteiger partial charge in [-0.15, -0.1) is 0 Å². The summed E-state index contributed by atoms with van der Waals surface area (Å²) in [7, 11) is 0. The van der Waals surface area contributed by atoms with Crippen LogP contribution in [0.4, 0.5) is 0 Å². The van der Waals surface area contributed by atoms with E-state index in [0.717, 1.165) is 4.47 Å². The van der Waals surface area contributed by atoms with Gasteiger partial charge in [-0.3, -0.25) is 4.79 Å². The molecule has 0 aliphatic heterocycles. The summed E-state index contributed by atoms with van der Waals surface area (Å²) in [5, 5.41) is 14.4. The van der Waals surface area contributed by atoms with Gasteiger partial charge in [0.2, 0.25) is 0 Å². The van der Waals surface area contributed by atoms with Gasteiger partial charge in [-0.05, 0) is 43.3 Å². The average molecular weight is 402 g/mol. The maximum absolute atomic E-state index is 12.0. The molecule has 0 saturated carbocycles. The maximum Gasteiger partial charge on any atom is 0.271 e. The molecule has 0 fully saturated rings. The number of halogens is 3. The van der Waals surface area contributed by atoms with Crippen LogP contribution in [0.1, 0.15) is 22.8 Å². The van der Waals surface area contributed by atoms with Crippen LogP contribution < -0.4 is 5.43 Å². The molecule has 0 unspecified atom stereocenters. The third kappa shape index (κ3) is 4.00. The second kappa shape index (κ2) is 7.13. The summed E-state index contributed by atoms with van der Waals surface area (Å²) >= 11 is 15.0. The number of phenols is 1. The Morgan fingerprint density at radius 2 is 1.86 bits per heavy atom. The standard InChI is InChI=1S/C15H11BrCl2N2O2/c1-8(12-6-11(17)7-13(18)14(12)21)19-20-15(22)9-2-4-10(16)5-3-9/h2-7,21H,1H3,(H,20,22)/b19-8+. The number of hydrogen-bond donors (Lipinski definition) is 2. The SMILES string of the molecule is C/C(=N\NC(=O)c1ccc(Br)cc1)c1cc(Cl)cc(Cl)c1O. The largest absolute Gasteiger partial charge is 0.506 e. The van der Waals surface area contributed by atoms with Crippen LogP contribution in [0.15, 0.2) is 46.0 Å². The number of aromatic hydroxyl groups is 1. The van der Waals surface area contributed by atoms with E-state index in [1.165, 1.54) is 12.1 Å². The topological polar surface area (TPSA) is 61.7 Å². The number of nitrogens with one attached hydrogen (secondary N) is 1. The highest BCUT2D eigenvalue weighted by Gasteiger charge is 2.11. The van der Waals surface area contributed by atoms with Crippen LogP contribution in [0.5, 0.6) is 5.75 Å². The molecule has 0 heterocycles. The van der Waals surface area contributed by atoms with Gasteiger partial charge < -0.3 is 5.11 Å². The molecule has 0 spiro atoms. The predicted octanol–water partition coefficient (Wildman–Crippen LogP) is 4.62. The molecule has 0 atom stereocenters. The number of hydrogen-bond acceptors (Lipinski definition) is 3. The summed E-state index contributed by atoms with van der Waals surface area (Å²) in [4.78, 5) is 12.0. The van der Waals surface area contributed by atoms with E-state index in [1.54, 1.807) is 31.2 Å². The zero-order valence-electron chi connectivity index (χ0n) is 11.4. The Labute approximate surface area is 145 Å². The molecule has 0 radical (unpaired) electrons. The van der Waals surface area contributed by atoms with Crippen LogP contribution in [0.3, 0.4) is 0 Å². The summed E-state index contributed by atoms with van der Waals surface area (Å²) < 4.78 is 0.877. The number of amides is 1. The van der Waals surface area contributed by atoms with Gasteiger partial charge in [-0.2, -0.15) is 5.10 Å². The summed E-state index contributed by atoms with van der Waals surface area (Å²) in [6.07, 6.45) is 0. The third-order valence-corrected chi connectivity index (χ3v) is 3.88. The Kier molecular flexibility index (Phi) is 5.45. The van der Waals surface area contributed by atoms with E-state index in [1.807, 2.05) is 0 Å². The number of carbonyl (C=O) groups excluding carboxylic acids is 1. The lowest BCUT2D eigenvalue weighted by Crippen LogP contribution is -2.19. The van der Waals surface area contributed by atoms with Crippen molar-refractivity contribution >= 4 is 50.8 Å². The predicted molar refractivity (Wildman–Crippen MR) is 91.9 cm³/mol. The molecule has 0 aliphatic rings. The fourth-order valence-corrected chi connectivity index (χ4v) is 2.46. The van der Waals surface area contributed by atoms with E-state index in [-0.39, 0.29) is 16.7 Å². The quantitative estimate of drug-likeness (QED) is 0.582. The fraction of sp³-hybridized carbons (Fsp3) is 0.0667. The monoisotopic (exact) mass is 400 g/mol. The van der Waals surface area contributed by atoms with Gasteiger partial charge in [0.15, 0.2) is 0 Å². The van der Waals surface area contributed by atoms with Gasteiger partial charge >= 0.3 is 0 Å². The molecule has 22 heavy (non-hydrogen) atoms. The Hall–Kier alpha value is -1.56. The number of rotatable bonds is 3. The number of carbonyl (C=O) groups is 1. The Bertz CT molecular complexity index is 746. The lowest BCUT2D eigenvalue weighted by molar-refractivity contribution is 0.0955. The first-order chi connectivity index (χ1) is 10.4. The van der Waals surface area contributed by atoms with E-state index < -0.39 is 0 Å². The molecule has 7 heteroatoms. The van der Waals surface area contributed by atoms with Gasteiger partial charge in [0.05, 0.1) is 10.7 Å². The molecule has 2 aromatic rings. The first kappa shape index (κ1) is 16.8. The first-order valence-corrected chi connectivity index (χ1v) is 7.72. The highest BCUT2D eigenvalue weighted by Crippen LogP contribution is 2.31. The van der Waals surface area contributed by atoms with Gasteiger partial charge in [0.1, 0.15) is 5.75 Å². The minimum absolute atomic E-state index is 0.122. The molecule has 2 aromatic carbocycles. The molecular weight excluding hydrogens is 391 g/mol. The Morgan fingerprint density at radius 1 is 1.23 bits per heavy atom. The summed E-state index contributed by atoms with van der Waals surface area (Å²) in [6.45, 7) is 1.63. The van der Waals surface area contributed by atoms with Crippen molar-refractivity contribution in [1.82, 2.24) is 5.43 Å². The number of nitrogens with zero attached hydrogens (tertiary/aromatic N) is 1. The van der Waals surface area contributed by atoms with Crippen molar-refractivity contribution < 1.29 is 9.90 Å². The molecule has 0 aromatic heterocycles. The van der Waals surface area contributed by atoms with Gasteiger partial charge in [0, 0.05) is 20.6 Å². The minimum Gasteiger partial charge on any atom is -0.506 e. The van der Waals surface area contributed by atoms with Crippen molar-refractivity contribution in [2.24, 2.45) is 5.10 Å². The van der Waals surface area contributed by atoms with E-state index in [2.05, 4.69) is 26.5 Å². The van der Waals surface area contributed by atoms with Crippen LogP contribution in [0.2, 0.25) is 10.0 Å². The van der Waals surface area contributed by atoms with Crippen molar-refractivity contribution in [2.45, 2.75) is 6.92 Å². The molecule has 0 aliphatic carbocycles. The van der Waals surface area contributed by atoms with E-state index in [9.17, 15) is 9.90 Å². The highest BCUT2D eigenvalue weighted by atomic mass is 79.9. The van der Waals surface area contributed by atoms with Crippen LogP contribution >= 0.6 is 39.1 Å². The number of benzene rings is 2. The number of phenolic OH excluding ortho intramolecular Hbond substituents is 1. The normalized spacial score (nSPS) is 11.4. The zero-order valence-corrected chi connectivity index (χ0v) is 14.5. The fourth-order valence-electron chi connectivity index (χ4n) is 1.70. The van der Waals surface area contributed by atoms with Crippen molar-refractivity contribution in [3.63, 3.8) is 0 Å². The molecular formula is C15H11BrCl2N2O2. The number of hydrazone groups is 1. The Balaban J connectivity index is 2.19. The van der Waals surface area contributed by atoms with Crippen molar-refractivity contribution in [3.8, 4) is 5.75 Å². The van der Waals surface area contributed by atoms with Gasteiger partial charge in [-0.1, -0.05) is 39.1 Å². The maximum atomic E-state index is 12.0.